The first-order valence-corrected chi connectivity index (χ1v) is 7.40. The predicted octanol–water partition coefficient (Wildman–Crippen LogP) is 4.40. The Balaban J connectivity index is 2.67. The standard InChI is InChI=1S/C17H8F6N2O4/c1-17(16(22)23,8-2-4-9(5-3-8)28-26-6-24)10-11(18)13(20)15(29-27-7-25)14(21)12(10)19/h2-5,16H,1H3. The molecule has 0 aromatic heterocycles. The highest BCUT2D eigenvalue weighted by atomic mass is 19.3. The lowest BCUT2D eigenvalue weighted by Gasteiger charge is -2.31. The highest BCUT2D eigenvalue weighted by Gasteiger charge is 2.46. The van der Waals surface area contributed by atoms with E-state index in [4.69, 9.17) is 10.5 Å². The van der Waals surface area contributed by atoms with Crippen LogP contribution in [-0.2, 0) is 15.2 Å². The van der Waals surface area contributed by atoms with Crippen LogP contribution in [0.5, 0.6) is 11.5 Å². The molecule has 1 atom stereocenters. The van der Waals surface area contributed by atoms with Crippen LogP contribution in [0.15, 0.2) is 24.3 Å². The number of halogens is 6. The van der Waals surface area contributed by atoms with Crippen molar-refractivity contribution in [1.29, 1.82) is 10.5 Å². The molecular weight excluding hydrogens is 410 g/mol. The van der Waals surface area contributed by atoms with Crippen LogP contribution in [0.1, 0.15) is 18.1 Å². The van der Waals surface area contributed by atoms with Crippen molar-refractivity contribution in [3.8, 4) is 24.0 Å². The number of nitriles is 2. The van der Waals surface area contributed by atoms with Crippen molar-refractivity contribution in [2.24, 2.45) is 0 Å². The van der Waals surface area contributed by atoms with Gasteiger partial charge in [-0.25, -0.2) is 27.3 Å². The summed E-state index contributed by atoms with van der Waals surface area (Å²) in [4.78, 5) is 15.9. The van der Waals surface area contributed by atoms with Crippen LogP contribution >= 0.6 is 0 Å². The quantitative estimate of drug-likeness (QED) is 0.218. The topological polar surface area (TPSA) is 84.5 Å². The second-order valence-corrected chi connectivity index (χ2v) is 5.50. The maximum atomic E-state index is 14.5. The first-order chi connectivity index (χ1) is 13.7. The van der Waals surface area contributed by atoms with E-state index in [0.717, 1.165) is 30.5 Å². The SMILES string of the molecule is CC(c1ccc(OOC#N)cc1)(c1c(F)c(F)c(OOC#N)c(F)c1F)C(F)F. The van der Waals surface area contributed by atoms with Gasteiger partial charge < -0.3 is 0 Å². The van der Waals surface area contributed by atoms with Crippen molar-refractivity contribution < 1.29 is 45.9 Å². The molecule has 0 amide bonds. The number of rotatable bonds is 7. The monoisotopic (exact) mass is 418 g/mol. The van der Waals surface area contributed by atoms with Gasteiger partial charge in [0.05, 0.1) is 5.41 Å². The van der Waals surface area contributed by atoms with Gasteiger partial charge in [0, 0.05) is 5.56 Å². The van der Waals surface area contributed by atoms with E-state index in [2.05, 4.69) is 19.6 Å². The number of benzene rings is 2. The average molecular weight is 418 g/mol. The Labute approximate surface area is 158 Å². The number of alkyl halides is 2. The Kier molecular flexibility index (Phi) is 6.28. The molecule has 2 aromatic carbocycles. The summed E-state index contributed by atoms with van der Waals surface area (Å²) < 4.78 is 85.1. The van der Waals surface area contributed by atoms with Gasteiger partial charge in [0.2, 0.25) is 11.6 Å². The summed E-state index contributed by atoms with van der Waals surface area (Å²) in [5.41, 5.74) is -4.93. The van der Waals surface area contributed by atoms with Crippen molar-refractivity contribution >= 4 is 0 Å². The summed E-state index contributed by atoms with van der Waals surface area (Å²) in [5, 5.41) is 16.4. The van der Waals surface area contributed by atoms with Gasteiger partial charge >= 0.3 is 12.5 Å². The fourth-order valence-corrected chi connectivity index (χ4v) is 2.50. The van der Waals surface area contributed by atoms with Crippen LogP contribution in [0.4, 0.5) is 26.3 Å². The molecule has 0 radical (unpaired) electrons. The third kappa shape index (κ3) is 3.78. The fraction of sp³-hybridized carbons (Fsp3) is 0.176. The zero-order chi connectivity index (χ0) is 21.8. The van der Waals surface area contributed by atoms with Crippen LogP contribution in [-0.4, -0.2) is 6.43 Å². The average Bonchev–Trinajstić information content (AvgIpc) is 2.71. The summed E-state index contributed by atoms with van der Waals surface area (Å²) in [6.45, 7) is 0.659. The summed E-state index contributed by atoms with van der Waals surface area (Å²) in [7, 11) is 0. The Morgan fingerprint density at radius 1 is 0.828 bits per heavy atom. The van der Waals surface area contributed by atoms with Crippen LogP contribution in [0.25, 0.3) is 0 Å². The third-order valence-electron chi connectivity index (χ3n) is 3.97. The van der Waals surface area contributed by atoms with Crippen LogP contribution in [0.3, 0.4) is 0 Å². The number of hydrogen-bond donors (Lipinski definition) is 0. The van der Waals surface area contributed by atoms with Gasteiger partial charge in [0.25, 0.3) is 12.2 Å². The Bertz CT molecular complexity index is 958. The van der Waals surface area contributed by atoms with Gasteiger partial charge in [0.15, 0.2) is 17.4 Å². The lowest BCUT2D eigenvalue weighted by Crippen LogP contribution is -2.35. The minimum atomic E-state index is -3.53. The number of nitrogens with zero attached hydrogens (tertiary/aromatic N) is 2. The van der Waals surface area contributed by atoms with Crippen molar-refractivity contribution in [3.05, 3.63) is 58.7 Å². The molecule has 0 bridgehead atoms. The largest absolute Gasteiger partial charge is 0.338 e. The number of hydrogen-bond acceptors (Lipinski definition) is 6. The molecule has 152 valence electrons. The highest BCUT2D eigenvalue weighted by Crippen LogP contribution is 2.44. The molecule has 0 N–H and O–H groups in total. The molecule has 6 nitrogen and oxygen atoms in total. The van der Waals surface area contributed by atoms with Crippen molar-refractivity contribution in [2.45, 2.75) is 18.8 Å². The fourth-order valence-electron chi connectivity index (χ4n) is 2.50. The Morgan fingerprint density at radius 3 is 1.76 bits per heavy atom. The van der Waals surface area contributed by atoms with E-state index in [9.17, 15) is 26.3 Å². The second-order valence-electron chi connectivity index (χ2n) is 5.50. The molecule has 0 aliphatic rings. The van der Waals surface area contributed by atoms with Gasteiger partial charge in [-0.15, -0.1) is 10.5 Å². The first-order valence-electron chi connectivity index (χ1n) is 7.40. The summed E-state index contributed by atoms with van der Waals surface area (Å²) in [5.74, 6) is -10.6. The molecule has 2 rings (SSSR count). The van der Waals surface area contributed by atoms with E-state index in [1.165, 1.54) is 6.26 Å². The Morgan fingerprint density at radius 2 is 1.31 bits per heavy atom. The van der Waals surface area contributed by atoms with E-state index in [0.29, 0.717) is 6.92 Å². The maximum Gasteiger partial charge on any atom is 0.338 e. The molecular formula is C17H8F6N2O4. The van der Waals surface area contributed by atoms with Crippen LogP contribution < -0.4 is 9.78 Å². The molecule has 0 spiro atoms. The van der Waals surface area contributed by atoms with Crippen molar-refractivity contribution in [2.75, 3.05) is 0 Å². The van der Waals surface area contributed by atoms with Gasteiger partial charge in [0.1, 0.15) is 0 Å². The molecule has 0 aliphatic heterocycles. The third-order valence-corrected chi connectivity index (χ3v) is 3.97. The molecule has 12 heteroatoms. The highest BCUT2D eigenvalue weighted by molar-refractivity contribution is 5.46. The molecule has 2 aromatic rings. The first kappa shape index (κ1) is 21.5. The van der Waals surface area contributed by atoms with Crippen molar-refractivity contribution in [3.63, 3.8) is 0 Å². The minimum Gasteiger partial charge on any atom is -0.279 e. The van der Waals surface area contributed by atoms with E-state index in [1.54, 1.807) is 0 Å². The van der Waals surface area contributed by atoms with E-state index >= 15 is 0 Å². The van der Waals surface area contributed by atoms with Crippen LogP contribution in [0.2, 0.25) is 0 Å². The van der Waals surface area contributed by atoms with Gasteiger partial charge in [-0.2, -0.15) is 8.78 Å². The summed E-state index contributed by atoms with van der Waals surface area (Å²) in [6.07, 6.45) is -1.49. The maximum absolute atomic E-state index is 14.5. The zero-order valence-electron chi connectivity index (χ0n) is 14.2. The van der Waals surface area contributed by atoms with Crippen molar-refractivity contribution in [1.82, 2.24) is 0 Å². The minimum absolute atomic E-state index is 0.123. The molecule has 0 fully saturated rings. The van der Waals surface area contributed by atoms with E-state index < -0.39 is 52.0 Å². The van der Waals surface area contributed by atoms with Gasteiger partial charge in [-0.05, 0) is 24.6 Å². The molecule has 29 heavy (non-hydrogen) atoms. The predicted molar refractivity (Wildman–Crippen MR) is 79.8 cm³/mol. The van der Waals surface area contributed by atoms with E-state index in [1.807, 2.05) is 0 Å². The summed E-state index contributed by atoms with van der Waals surface area (Å²) in [6, 6.07) is 3.91. The lowest BCUT2D eigenvalue weighted by molar-refractivity contribution is -0.143. The van der Waals surface area contributed by atoms with Gasteiger partial charge in [-0.1, -0.05) is 12.1 Å². The lowest BCUT2D eigenvalue weighted by atomic mass is 9.75. The smallest absolute Gasteiger partial charge is 0.279 e. The molecule has 0 aliphatic carbocycles. The van der Waals surface area contributed by atoms with E-state index in [-0.39, 0.29) is 5.75 Å². The summed E-state index contributed by atoms with van der Waals surface area (Å²) >= 11 is 0. The molecule has 0 heterocycles. The Hall–Kier alpha value is -3.80. The zero-order valence-corrected chi connectivity index (χ0v) is 14.2. The molecule has 0 saturated carbocycles. The normalized spacial score (nSPS) is 12.5. The molecule has 0 saturated heterocycles. The van der Waals surface area contributed by atoms with Gasteiger partial charge in [-0.3, -0.25) is 9.78 Å². The molecule has 1 unspecified atom stereocenters. The van der Waals surface area contributed by atoms with Crippen LogP contribution in [0, 0.1) is 46.3 Å². The second kappa shape index (κ2) is 8.48.